The SMILES string of the molecule is CC(=O)Nc1cccc(/C(C)=N\NC(=O)Cc2ccc([N+](=O)[O-])cc2)c1. The van der Waals surface area contributed by atoms with Crippen molar-refractivity contribution >= 4 is 28.9 Å². The summed E-state index contributed by atoms with van der Waals surface area (Å²) >= 11 is 0. The first-order valence-electron chi connectivity index (χ1n) is 7.79. The minimum absolute atomic E-state index is 0.0259. The van der Waals surface area contributed by atoms with Gasteiger partial charge in [-0.25, -0.2) is 5.43 Å². The Morgan fingerprint density at radius 2 is 1.81 bits per heavy atom. The highest BCUT2D eigenvalue weighted by atomic mass is 16.6. The molecule has 26 heavy (non-hydrogen) atoms. The predicted molar refractivity (Wildman–Crippen MR) is 97.9 cm³/mol. The number of anilines is 1. The number of hydrazone groups is 1. The zero-order valence-corrected chi connectivity index (χ0v) is 14.4. The number of nitro groups is 1. The molecule has 2 rings (SSSR count). The average molecular weight is 354 g/mol. The van der Waals surface area contributed by atoms with Crippen LogP contribution in [0.25, 0.3) is 0 Å². The maximum atomic E-state index is 12.0. The van der Waals surface area contributed by atoms with Gasteiger partial charge >= 0.3 is 0 Å². The molecule has 0 heterocycles. The van der Waals surface area contributed by atoms with E-state index in [4.69, 9.17) is 0 Å². The van der Waals surface area contributed by atoms with Crippen LogP contribution in [0.4, 0.5) is 11.4 Å². The minimum atomic E-state index is -0.493. The number of hydrogen-bond acceptors (Lipinski definition) is 5. The summed E-state index contributed by atoms with van der Waals surface area (Å²) in [7, 11) is 0. The van der Waals surface area contributed by atoms with Crippen molar-refractivity contribution in [3.05, 3.63) is 69.8 Å². The first kappa shape index (κ1) is 18.8. The highest BCUT2D eigenvalue weighted by Crippen LogP contribution is 2.13. The molecule has 0 aliphatic rings. The van der Waals surface area contributed by atoms with Crippen molar-refractivity contribution in [2.24, 2.45) is 5.10 Å². The Morgan fingerprint density at radius 3 is 2.42 bits per heavy atom. The molecule has 0 aliphatic heterocycles. The highest BCUT2D eigenvalue weighted by Gasteiger charge is 2.07. The molecule has 2 N–H and O–H groups in total. The van der Waals surface area contributed by atoms with Crippen LogP contribution in [0.15, 0.2) is 53.6 Å². The number of nitro benzene ring substituents is 1. The minimum Gasteiger partial charge on any atom is -0.326 e. The van der Waals surface area contributed by atoms with Gasteiger partial charge in [-0.1, -0.05) is 24.3 Å². The van der Waals surface area contributed by atoms with Crippen LogP contribution in [0.2, 0.25) is 0 Å². The lowest BCUT2D eigenvalue weighted by Gasteiger charge is -2.06. The molecule has 2 amide bonds. The van der Waals surface area contributed by atoms with Gasteiger partial charge in [0.15, 0.2) is 0 Å². The summed E-state index contributed by atoms with van der Waals surface area (Å²) < 4.78 is 0. The van der Waals surface area contributed by atoms with E-state index in [2.05, 4.69) is 15.8 Å². The van der Waals surface area contributed by atoms with Crippen molar-refractivity contribution < 1.29 is 14.5 Å². The molecule has 0 aliphatic carbocycles. The van der Waals surface area contributed by atoms with Crippen LogP contribution in [0, 0.1) is 10.1 Å². The molecule has 2 aromatic carbocycles. The van der Waals surface area contributed by atoms with Crippen LogP contribution in [0.5, 0.6) is 0 Å². The van der Waals surface area contributed by atoms with Gasteiger partial charge in [0.1, 0.15) is 0 Å². The molecule has 0 bridgehead atoms. The molecule has 0 fully saturated rings. The molecule has 0 aromatic heterocycles. The van der Waals surface area contributed by atoms with E-state index < -0.39 is 4.92 Å². The van der Waals surface area contributed by atoms with Gasteiger partial charge in [-0.2, -0.15) is 5.10 Å². The van der Waals surface area contributed by atoms with E-state index >= 15 is 0 Å². The van der Waals surface area contributed by atoms with Crippen molar-refractivity contribution in [3.8, 4) is 0 Å². The Labute approximate surface area is 150 Å². The number of hydrogen-bond donors (Lipinski definition) is 2. The summed E-state index contributed by atoms with van der Waals surface area (Å²) in [5, 5.41) is 17.3. The number of carbonyl (C=O) groups is 2. The number of amides is 2. The zero-order chi connectivity index (χ0) is 19.1. The lowest BCUT2D eigenvalue weighted by molar-refractivity contribution is -0.384. The molecule has 0 spiro atoms. The first-order valence-corrected chi connectivity index (χ1v) is 7.79. The average Bonchev–Trinajstić information content (AvgIpc) is 2.59. The van der Waals surface area contributed by atoms with Crippen LogP contribution in [-0.2, 0) is 16.0 Å². The van der Waals surface area contributed by atoms with Crippen LogP contribution in [0.3, 0.4) is 0 Å². The number of rotatable bonds is 6. The zero-order valence-electron chi connectivity index (χ0n) is 14.4. The fraction of sp³-hybridized carbons (Fsp3) is 0.167. The van der Waals surface area contributed by atoms with Crippen molar-refractivity contribution in [1.29, 1.82) is 0 Å². The molecule has 0 saturated carbocycles. The molecule has 2 aromatic rings. The molecule has 8 nitrogen and oxygen atoms in total. The maximum Gasteiger partial charge on any atom is 0.269 e. The van der Waals surface area contributed by atoms with Crippen LogP contribution < -0.4 is 10.7 Å². The summed E-state index contributed by atoms with van der Waals surface area (Å²) in [5.74, 6) is -0.510. The summed E-state index contributed by atoms with van der Waals surface area (Å²) in [6.45, 7) is 3.16. The normalized spacial score (nSPS) is 10.9. The van der Waals surface area contributed by atoms with E-state index in [1.54, 1.807) is 25.1 Å². The van der Waals surface area contributed by atoms with Gasteiger partial charge in [-0.15, -0.1) is 0 Å². The van der Waals surface area contributed by atoms with Gasteiger partial charge < -0.3 is 5.32 Å². The van der Waals surface area contributed by atoms with Gasteiger partial charge in [0.2, 0.25) is 11.8 Å². The second-order valence-electron chi connectivity index (χ2n) is 5.59. The van der Waals surface area contributed by atoms with Crippen LogP contribution >= 0.6 is 0 Å². The quantitative estimate of drug-likeness (QED) is 0.471. The summed E-state index contributed by atoms with van der Waals surface area (Å²) in [5.41, 5.74) is 5.05. The maximum absolute atomic E-state index is 12.0. The van der Waals surface area contributed by atoms with Crippen LogP contribution in [0.1, 0.15) is 25.0 Å². The Bertz CT molecular complexity index is 860. The van der Waals surface area contributed by atoms with Crippen molar-refractivity contribution in [1.82, 2.24) is 5.43 Å². The monoisotopic (exact) mass is 354 g/mol. The van der Waals surface area contributed by atoms with E-state index in [1.807, 2.05) is 6.07 Å². The van der Waals surface area contributed by atoms with Gasteiger partial charge in [0.05, 0.1) is 17.1 Å². The topological polar surface area (TPSA) is 114 Å². The molecule has 0 atom stereocenters. The molecule has 0 saturated heterocycles. The van der Waals surface area contributed by atoms with Gasteiger partial charge in [-0.3, -0.25) is 19.7 Å². The summed E-state index contributed by atoms with van der Waals surface area (Å²) in [6.07, 6.45) is 0.0563. The highest BCUT2D eigenvalue weighted by molar-refractivity contribution is 6.00. The second-order valence-corrected chi connectivity index (χ2v) is 5.59. The van der Waals surface area contributed by atoms with E-state index in [-0.39, 0.29) is 23.9 Å². The fourth-order valence-corrected chi connectivity index (χ4v) is 2.20. The van der Waals surface area contributed by atoms with E-state index in [1.165, 1.54) is 31.2 Å². The lowest BCUT2D eigenvalue weighted by atomic mass is 10.1. The third-order valence-corrected chi connectivity index (χ3v) is 3.46. The number of carbonyl (C=O) groups excluding carboxylic acids is 2. The fourth-order valence-electron chi connectivity index (χ4n) is 2.20. The lowest BCUT2D eigenvalue weighted by Crippen LogP contribution is -2.21. The van der Waals surface area contributed by atoms with Crippen molar-refractivity contribution in [2.75, 3.05) is 5.32 Å². The van der Waals surface area contributed by atoms with Gasteiger partial charge in [-0.05, 0) is 30.2 Å². The van der Waals surface area contributed by atoms with Gasteiger partial charge in [0.25, 0.3) is 5.69 Å². The Hall–Kier alpha value is -3.55. The van der Waals surface area contributed by atoms with Crippen LogP contribution in [-0.4, -0.2) is 22.4 Å². The Morgan fingerprint density at radius 1 is 1.12 bits per heavy atom. The van der Waals surface area contributed by atoms with Crippen molar-refractivity contribution in [3.63, 3.8) is 0 Å². The molecule has 0 unspecified atom stereocenters. The van der Waals surface area contributed by atoms with Gasteiger partial charge in [0, 0.05) is 24.7 Å². The predicted octanol–water partition coefficient (Wildman–Crippen LogP) is 2.64. The Kier molecular flexibility index (Phi) is 6.15. The van der Waals surface area contributed by atoms with E-state index in [0.717, 1.165) is 5.56 Å². The van der Waals surface area contributed by atoms with E-state index in [9.17, 15) is 19.7 Å². The van der Waals surface area contributed by atoms with E-state index in [0.29, 0.717) is 17.0 Å². The standard InChI is InChI=1S/C18H18N4O4/c1-12(15-4-3-5-16(11-15)19-13(2)23)20-21-18(24)10-14-6-8-17(9-7-14)22(25)26/h3-9,11H,10H2,1-2H3,(H,19,23)(H,21,24)/b20-12-. The Balaban J connectivity index is 1.98. The number of nitrogens with zero attached hydrogens (tertiary/aromatic N) is 2. The van der Waals surface area contributed by atoms with Crippen molar-refractivity contribution in [2.45, 2.75) is 20.3 Å². The number of nitrogens with one attached hydrogen (secondary N) is 2. The smallest absolute Gasteiger partial charge is 0.269 e. The summed E-state index contributed by atoms with van der Waals surface area (Å²) in [4.78, 5) is 33.2. The molecular formula is C18H18N4O4. The number of benzene rings is 2. The third kappa shape index (κ3) is 5.52. The molecule has 8 heteroatoms. The third-order valence-electron chi connectivity index (χ3n) is 3.46. The number of non-ortho nitro benzene ring substituents is 1. The molecule has 134 valence electrons. The second kappa shape index (κ2) is 8.52. The molecular weight excluding hydrogens is 336 g/mol. The summed E-state index contributed by atoms with van der Waals surface area (Å²) in [6, 6.07) is 12.9. The first-order chi connectivity index (χ1) is 12.3. The molecule has 0 radical (unpaired) electrons. The largest absolute Gasteiger partial charge is 0.326 e.